The van der Waals surface area contributed by atoms with Crippen molar-refractivity contribution in [3.05, 3.63) is 95.1 Å². The van der Waals surface area contributed by atoms with E-state index in [9.17, 15) is 9.59 Å². The number of benzene rings is 2. The minimum atomic E-state index is -0.117. The predicted octanol–water partition coefficient (Wildman–Crippen LogP) is 7.16. The van der Waals surface area contributed by atoms with Crippen LogP contribution in [0.2, 0.25) is 0 Å². The van der Waals surface area contributed by atoms with E-state index in [1.807, 2.05) is 65.2 Å². The maximum Gasteiger partial charge on any atom is 0.246 e. The van der Waals surface area contributed by atoms with E-state index in [0.717, 1.165) is 22.6 Å². The summed E-state index contributed by atoms with van der Waals surface area (Å²) >= 11 is 0. The van der Waals surface area contributed by atoms with Gasteiger partial charge in [-0.15, -0.1) is 12.4 Å². The number of amides is 2. The summed E-state index contributed by atoms with van der Waals surface area (Å²) in [6.07, 6.45) is 14.3. The van der Waals surface area contributed by atoms with Crippen molar-refractivity contribution in [3.8, 4) is 11.5 Å². The highest BCUT2D eigenvalue weighted by molar-refractivity contribution is 5.90. The monoisotopic (exact) mass is 663 g/mol. The molecule has 1 fully saturated rings. The largest absolute Gasteiger partial charge is 0.496 e. The minimum Gasteiger partial charge on any atom is -0.496 e. The van der Waals surface area contributed by atoms with Crippen molar-refractivity contribution >= 4 is 36.4 Å². The van der Waals surface area contributed by atoms with E-state index in [4.69, 9.17) is 9.47 Å². The smallest absolute Gasteiger partial charge is 0.246 e. The van der Waals surface area contributed by atoms with E-state index in [2.05, 4.69) is 65.8 Å². The summed E-state index contributed by atoms with van der Waals surface area (Å²) in [6.45, 7) is 15.1. The fourth-order valence-corrected chi connectivity index (χ4v) is 5.35. The summed E-state index contributed by atoms with van der Waals surface area (Å²) in [7, 11) is 7.30. The molecule has 1 saturated heterocycles. The van der Waals surface area contributed by atoms with Gasteiger partial charge in [-0.3, -0.25) is 9.59 Å². The Morgan fingerprint density at radius 2 is 1.23 bits per heavy atom. The molecule has 1 atom stereocenters. The molecule has 0 bridgehead atoms. The Kier molecular flexibility index (Phi) is 14.6. The molecule has 0 radical (unpaired) electrons. The van der Waals surface area contributed by atoms with Crippen LogP contribution in [0.5, 0.6) is 11.5 Å². The van der Waals surface area contributed by atoms with Crippen LogP contribution in [0.25, 0.3) is 12.2 Å². The van der Waals surface area contributed by atoms with Gasteiger partial charge in [-0.1, -0.05) is 102 Å². The van der Waals surface area contributed by atoms with E-state index < -0.39 is 0 Å². The normalized spacial score (nSPS) is 16.1. The Balaban J connectivity index is 0.00000768. The highest BCUT2D eigenvalue weighted by Gasteiger charge is 2.31. The van der Waals surface area contributed by atoms with Crippen molar-refractivity contribution < 1.29 is 19.1 Å². The lowest BCUT2D eigenvalue weighted by molar-refractivity contribution is -0.137. The van der Waals surface area contributed by atoms with E-state index in [1.54, 1.807) is 38.5 Å². The van der Waals surface area contributed by atoms with Crippen LogP contribution in [-0.4, -0.2) is 87.0 Å². The third-order valence-electron chi connectivity index (χ3n) is 8.10. The molecule has 0 aromatic heterocycles. The number of allylic oxidation sites excluding steroid dienone is 4. The first-order chi connectivity index (χ1) is 21.6. The number of nitrogens with zero attached hydrogens (tertiary/aromatic N) is 3. The number of likely N-dealkylation sites (N-methyl/N-ethyl adjacent to an activating group) is 1. The second kappa shape index (κ2) is 17.4. The highest BCUT2D eigenvalue weighted by Crippen LogP contribution is 2.30. The summed E-state index contributed by atoms with van der Waals surface area (Å²) in [4.78, 5) is 32.1. The zero-order chi connectivity index (χ0) is 34.1. The number of piperazine rings is 1. The molecule has 8 heteroatoms. The van der Waals surface area contributed by atoms with Gasteiger partial charge in [0.25, 0.3) is 0 Å². The molecule has 1 aliphatic rings. The third-order valence-corrected chi connectivity index (χ3v) is 8.10. The standard InChI is InChI=1S/C39H53N3O4.ClH/c1-38(2,3)31-21-19-29(34(25-31)45-9)15-11-13-17-36(43)41-23-24-42(33(28-41)27-40(7)8)37(44)18-14-12-16-30-20-22-32(39(4,5)6)26-35(30)46-10;/h11-22,25-26,33H,23-24,27-28H2,1-10H3;1H/b15-11+,16-12+,17-13+,18-14+;. The molecular formula is C39H54ClN3O4. The Labute approximate surface area is 289 Å². The Hall–Kier alpha value is -3.81. The molecule has 2 aromatic rings. The first kappa shape index (κ1) is 39.4. The van der Waals surface area contributed by atoms with Crippen LogP contribution in [0.3, 0.4) is 0 Å². The fraction of sp³-hybridized carbons (Fsp3) is 0.436. The topological polar surface area (TPSA) is 62.3 Å². The molecule has 1 aliphatic heterocycles. The zero-order valence-corrected chi connectivity index (χ0v) is 30.7. The first-order valence-electron chi connectivity index (χ1n) is 15.9. The van der Waals surface area contributed by atoms with Gasteiger partial charge in [-0.25, -0.2) is 0 Å². The van der Waals surface area contributed by atoms with Crippen molar-refractivity contribution in [2.75, 3.05) is 54.5 Å². The van der Waals surface area contributed by atoms with Crippen LogP contribution in [-0.2, 0) is 20.4 Å². The van der Waals surface area contributed by atoms with Crippen molar-refractivity contribution in [2.45, 2.75) is 58.4 Å². The molecule has 0 spiro atoms. The molecule has 256 valence electrons. The summed E-state index contributed by atoms with van der Waals surface area (Å²) in [5.41, 5.74) is 4.36. The number of hydrogen-bond acceptors (Lipinski definition) is 5. The Bertz CT molecular complexity index is 1480. The van der Waals surface area contributed by atoms with E-state index in [-0.39, 0.29) is 41.1 Å². The lowest BCUT2D eigenvalue weighted by Gasteiger charge is -2.41. The molecule has 7 nitrogen and oxygen atoms in total. The quantitative estimate of drug-likeness (QED) is 0.199. The number of carbonyl (C=O) groups excluding carboxylic acids is 2. The van der Waals surface area contributed by atoms with Gasteiger partial charge in [0.15, 0.2) is 0 Å². The second-order valence-electron chi connectivity index (χ2n) is 14.1. The molecular weight excluding hydrogens is 610 g/mol. The molecule has 2 amide bonds. The number of methoxy groups -OCH3 is 2. The molecule has 0 N–H and O–H groups in total. The van der Waals surface area contributed by atoms with Crippen molar-refractivity contribution in [1.82, 2.24) is 14.7 Å². The maximum absolute atomic E-state index is 13.3. The molecule has 1 heterocycles. The molecule has 0 aliphatic carbocycles. The van der Waals surface area contributed by atoms with E-state index in [0.29, 0.717) is 26.2 Å². The molecule has 2 aromatic carbocycles. The Morgan fingerprint density at radius 3 is 1.66 bits per heavy atom. The zero-order valence-electron chi connectivity index (χ0n) is 29.9. The van der Waals surface area contributed by atoms with Crippen molar-refractivity contribution in [1.29, 1.82) is 0 Å². The number of rotatable bonds is 10. The van der Waals surface area contributed by atoms with Gasteiger partial charge in [0.05, 0.1) is 20.3 Å². The number of ether oxygens (including phenoxy) is 2. The summed E-state index contributed by atoms with van der Waals surface area (Å²) in [5.74, 6) is 1.47. The third kappa shape index (κ3) is 11.4. The average molecular weight is 664 g/mol. The molecule has 47 heavy (non-hydrogen) atoms. The van der Waals surface area contributed by atoms with Crippen LogP contribution in [0.4, 0.5) is 0 Å². The predicted molar refractivity (Wildman–Crippen MR) is 198 cm³/mol. The Morgan fingerprint density at radius 1 is 0.766 bits per heavy atom. The van der Waals surface area contributed by atoms with Crippen molar-refractivity contribution in [3.63, 3.8) is 0 Å². The number of hydrogen-bond donors (Lipinski definition) is 0. The lowest BCUT2D eigenvalue weighted by atomic mass is 9.86. The van der Waals surface area contributed by atoms with Crippen LogP contribution in [0, 0.1) is 0 Å². The van der Waals surface area contributed by atoms with Gasteiger partial charge in [0.2, 0.25) is 11.8 Å². The molecule has 1 unspecified atom stereocenters. The minimum absolute atomic E-state index is 0. The van der Waals surface area contributed by atoms with Gasteiger partial charge in [0, 0.05) is 49.5 Å². The highest BCUT2D eigenvalue weighted by atomic mass is 35.5. The first-order valence-corrected chi connectivity index (χ1v) is 15.9. The lowest BCUT2D eigenvalue weighted by Crippen LogP contribution is -2.58. The van der Waals surface area contributed by atoms with Gasteiger partial charge in [-0.05, 0) is 48.2 Å². The molecule has 3 rings (SSSR count). The number of halogens is 1. The van der Waals surface area contributed by atoms with Gasteiger partial charge >= 0.3 is 0 Å². The van der Waals surface area contributed by atoms with Gasteiger partial charge in [-0.2, -0.15) is 0 Å². The van der Waals surface area contributed by atoms with Crippen LogP contribution < -0.4 is 9.47 Å². The average Bonchev–Trinajstić information content (AvgIpc) is 2.99. The van der Waals surface area contributed by atoms with E-state index in [1.165, 1.54) is 11.1 Å². The van der Waals surface area contributed by atoms with E-state index >= 15 is 0 Å². The second-order valence-corrected chi connectivity index (χ2v) is 14.1. The van der Waals surface area contributed by atoms with Crippen LogP contribution >= 0.6 is 12.4 Å². The summed E-state index contributed by atoms with van der Waals surface area (Å²) in [6, 6.07) is 12.3. The van der Waals surface area contributed by atoms with Gasteiger partial charge in [0.1, 0.15) is 11.5 Å². The maximum atomic E-state index is 13.3. The van der Waals surface area contributed by atoms with Crippen LogP contribution in [0.15, 0.2) is 72.9 Å². The van der Waals surface area contributed by atoms with Gasteiger partial charge < -0.3 is 24.2 Å². The number of carbonyl (C=O) groups is 2. The molecule has 0 saturated carbocycles. The summed E-state index contributed by atoms with van der Waals surface area (Å²) < 4.78 is 11.2. The van der Waals surface area contributed by atoms with Crippen LogP contribution in [0.1, 0.15) is 63.8 Å². The van der Waals surface area contributed by atoms with Crippen molar-refractivity contribution in [2.24, 2.45) is 0 Å². The fourth-order valence-electron chi connectivity index (χ4n) is 5.35. The SMILES string of the molecule is COc1cc(C(C)(C)C)ccc1/C=C/C=C/C(=O)N1CCN(C(=O)/C=C/C=C/c2ccc(C(C)(C)C)cc2OC)C(CN(C)C)C1.Cl. The summed E-state index contributed by atoms with van der Waals surface area (Å²) in [5, 5.41) is 0.